The number of amides is 2. The highest BCUT2D eigenvalue weighted by Gasteiger charge is 2.34. The van der Waals surface area contributed by atoms with Crippen LogP contribution in [0.4, 0.5) is 0 Å². The molecule has 0 saturated heterocycles. The van der Waals surface area contributed by atoms with E-state index in [0.29, 0.717) is 12.0 Å². The van der Waals surface area contributed by atoms with Gasteiger partial charge in [-0.1, -0.05) is 36.8 Å². The molecule has 6 heteroatoms. The van der Waals surface area contributed by atoms with Crippen LogP contribution in [0.3, 0.4) is 0 Å². The third kappa shape index (κ3) is 4.44. The Balaban J connectivity index is 1.49. The predicted octanol–water partition coefficient (Wildman–Crippen LogP) is 3.85. The van der Waals surface area contributed by atoms with Gasteiger partial charge in [-0.25, -0.2) is 5.48 Å². The lowest BCUT2D eigenvalue weighted by molar-refractivity contribution is -0.133. The maximum absolute atomic E-state index is 12.7. The van der Waals surface area contributed by atoms with E-state index >= 15 is 0 Å². The summed E-state index contributed by atoms with van der Waals surface area (Å²) in [6.45, 7) is 4.08. The first-order valence-electron chi connectivity index (χ1n) is 10.7. The zero-order valence-electron chi connectivity index (χ0n) is 17.8. The molecule has 3 aromatic rings. The fourth-order valence-electron chi connectivity index (χ4n) is 4.53. The van der Waals surface area contributed by atoms with E-state index in [0.717, 1.165) is 47.0 Å². The van der Waals surface area contributed by atoms with E-state index in [1.165, 1.54) is 5.56 Å². The summed E-state index contributed by atoms with van der Waals surface area (Å²) in [4.78, 5) is 29.1. The van der Waals surface area contributed by atoms with Crippen molar-refractivity contribution in [3.8, 4) is 0 Å². The number of carbonyl (C=O) groups is 2. The number of para-hydroxylation sites is 1. The van der Waals surface area contributed by atoms with Gasteiger partial charge in [0.25, 0.3) is 5.91 Å². The number of fused-ring (bicyclic) bond motifs is 1. The molecular weight excluding hydrogens is 390 g/mol. The fourth-order valence-corrected chi connectivity index (χ4v) is 4.53. The molecule has 0 radical (unpaired) electrons. The van der Waals surface area contributed by atoms with Crippen molar-refractivity contribution >= 4 is 22.7 Å². The number of hydrogen-bond acceptors (Lipinski definition) is 4. The maximum Gasteiger partial charge on any atom is 0.251 e. The van der Waals surface area contributed by atoms with Crippen molar-refractivity contribution in [1.29, 1.82) is 0 Å². The lowest BCUT2D eigenvalue weighted by atomic mass is 9.98. The second-order valence-electron chi connectivity index (χ2n) is 8.36. The highest BCUT2D eigenvalue weighted by atomic mass is 16.5. The zero-order valence-corrected chi connectivity index (χ0v) is 17.8. The van der Waals surface area contributed by atoms with Crippen LogP contribution in [0.1, 0.15) is 52.0 Å². The van der Waals surface area contributed by atoms with Gasteiger partial charge in [-0.15, -0.1) is 0 Å². The summed E-state index contributed by atoms with van der Waals surface area (Å²) in [6, 6.07) is 15.7. The van der Waals surface area contributed by atoms with E-state index < -0.39 is 5.91 Å². The summed E-state index contributed by atoms with van der Waals surface area (Å²) < 4.78 is 0. The number of rotatable bonds is 5. The quantitative estimate of drug-likeness (QED) is 0.434. The number of nitrogens with zero attached hydrogens (tertiary/aromatic N) is 1. The third-order valence-electron chi connectivity index (χ3n) is 6.15. The van der Waals surface area contributed by atoms with Gasteiger partial charge in [0.1, 0.15) is 0 Å². The van der Waals surface area contributed by atoms with E-state index in [9.17, 15) is 9.59 Å². The first-order valence-corrected chi connectivity index (χ1v) is 10.7. The number of aryl methyl sites for hydroxylation is 2. The van der Waals surface area contributed by atoms with Gasteiger partial charge in [0.2, 0.25) is 5.91 Å². The molecule has 1 aromatic heterocycles. The number of benzene rings is 2. The molecule has 0 spiro atoms. The number of hydrogen-bond donors (Lipinski definition) is 3. The molecule has 160 valence electrons. The Hall–Kier alpha value is -3.25. The minimum Gasteiger partial charge on any atom is -0.349 e. The standard InChI is InChI=1S/C25H27N3O3/c1-15-5-3-6-20-19(13-16(2)26-23(15)20)14-17-9-11-18(12-10-17)24(29)27-22-8-4-7-21(22)25(30)28-31/h3,5-6,9-13,21-22,31H,4,7-8,14H2,1-2H3,(H,27,29)(H,28,30)/t21-,22+/m1/s1. The van der Waals surface area contributed by atoms with Crippen LogP contribution in [0.5, 0.6) is 0 Å². The molecule has 0 unspecified atom stereocenters. The summed E-state index contributed by atoms with van der Waals surface area (Å²) in [6.07, 6.45) is 3.00. The molecule has 3 N–H and O–H groups in total. The molecule has 1 aliphatic carbocycles. The number of hydroxylamine groups is 1. The number of aromatic nitrogens is 1. The Bertz CT molecular complexity index is 1120. The van der Waals surface area contributed by atoms with Gasteiger partial charge in [-0.2, -0.15) is 0 Å². The summed E-state index contributed by atoms with van der Waals surface area (Å²) in [5.74, 6) is -1.02. The van der Waals surface area contributed by atoms with E-state index in [1.54, 1.807) is 5.48 Å². The SMILES string of the molecule is Cc1cc(Cc2ccc(C(=O)N[C@H]3CCC[C@H]3C(=O)NO)cc2)c2cccc(C)c2n1. The van der Waals surface area contributed by atoms with Gasteiger partial charge in [0, 0.05) is 22.7 Å². The van der Waals surface area contributed by atoms with Gasteiger partial charge in [0.15, 0.2) is 0 Å². The highest BCUT2D eigenvalue weighted by Crippen LogP contribution is 2.27. The van der Waals surface area contributed by atoms with Gasteiger partial charge < -0.3 is 5.32 Å². The molecule has 2 atom stereocenters. The first-order chi connectivity index (χ1) is 15.0. The summed E-state index contributed by atoms with van der Waals surface area (Å²) >= 11 is 0. The third-order valence-corrected chi connectivity index (χ3v) is 6.15. The second kappa shape index (κ2) is 8.86. The van der Waals surface area contributed by atoms with Crippen LogP contribution in [0, 0.1) is 19.8 Å². The Labute approximate surface area is 181 Å². The van der Waals surface area contributed by atoms with Crippen molar-refractivity contribution in [2.24, 2.45) is 5.92 Å². The van der Waals surface area contributed by atoms with Crippen molar-refractivity contribution in [2.45, 2.75) is 45.6 Å². The van der Waals surface area contributed by atoms with Crippen molar-refractivity contribution in [3.63, 3.8) is 0 Å². The Morgan fingerprint density at radius 2 is 1.87 bits per heavy atom. The molecule has 1 heterocycles. The maximum atomic E-state index is 12.7. The second-order valence-corrected chi connectivity index (χ2v) is 8.36. The van der Waals surface area contributed by atoms with Crippen LogP contribution in [-0.2, 0) is 11.2 Å². The Kier molecular flexibility index (Phi) is 6.00. The van der Waals surface area contributed by atoms with Gasteiger partial charge in [-0.3, -0.25) is 19.8 Å². The van der Waals surface area contributed by atoms with E-state index in [2.05, 4.69) is 36.5 Å². The lowest BCUT2D eigenvalue weighted by Crippen LogP contribution is -2.43. The van der Waals surface area contributed by atoms with Crippen LogP contribution in [0.2, 0.25) is 0 Å². The lowest BCUT2D eigenvalue weighted by Gasteiger charge is -2.19. The molecule has 4 rings (SSSR count). The smallest absolute Gasteiger partial charge is 0.251 e. The topological polar surface area (TPSA) is 91.3 Å². The van der Waals surface area contributed by atoms with Crippen LogP contribution >= 0.6 is 0 Å². The average Bonchev–Trinajstić information content (AvgIpc) is 3.22. The minimum atomic E-state index is -0.437. The van der Waals surface area contributed by atoms with Crippen molar-refractivity contribution in [2.75, 3.05) is 0 Å². The number of nitrogens with one attached hydrogen (secondary N) is 2. The van der Waals surface area contributed by atoms with Crippen molar-refractivity contribution in [3.05, 3.63) is 76.5 Å². The molecule has 0 aliphatic heterocycles. The monoisotopic (exact) mass is 417 g/mol. The van der Waals surface area contributed by atoms with E-state index in [4.69, 9.17) is 10.2 Å². The summed E-state index contributed by atoms with van der Waals surface area (Å²) in [7, 11) is 0. The fraction of sp³-hybridized carbons (Fsp3) is 0.320. The van der Waals surface area contributed by atoms with Gasteiger partial charge in [-0.05, 0) is 68.0 Å². The van der Waals surface area contributed by atoms with Crippen LogP contribution < -0.4 is 10.8 Å². The molecule has 2 aromatic carbocycles. The van der Waals surface area contributed by atoms with Crippen LogP contribution in [-0.4, -0.2) is 28.0 Å². The molecule has 1 aliphatic rings. The number of carbonyl (C=O) groups excluding carboxylic acids is 2. The predicted molar refractivity (Wildman–Crippen MR) is 119 cm³/mol. The molecule has 2 amide bonds. The van der Waals surface area contributed by atoms with Gasteiger partial charge in [0.05, 0.1) is 11.4 Å². The molecule has 1 fully saturated rings. The van der Waals surface area contributed by atoms with Crippen molar-refractivity contribution in [1.82, 2.24) is 15.8 Å². The molecule has 0 bridgehead atoms. The Morgan fingerprint density at radius 3 is 2.61 bits per heavy atom. The van der Waals surface area contributed by atoms with Crippen LogP contribution in [0.15, 0.2) is 48.5 Å². The highest BCUT2D eigenvalue weighted by molar-refractivity contribution is 5.95. The molecular formula is C25H27N3O3. The number of pyridine rings is 1. The van der Waals surface area contributed by atoms with Crippen LogP contribution in [0.25, 0.3) is 10.9 Å². The molecule has 1 saturated carbocycles. The largest absolute Gasteiger partial charge is 0.349 e. The summed E-state index contributed by atoms with van der Waals surface area (Å²) in [5, 5.41) is 13.0. The Morgan fingerprint density at radius 1 is 1.10 bits per heavy atom. The van der Waals surface area contributed by atoms with Gasteiger partial charge >= 0.3 is 0 Å². The van der Waals surface area contributed by atoms with E-state index in [-0.39, 0.29) is 17.9 Å². The normalized spacial score (nSPS) is 18.2. The minimum absolute atomic E-state index is 0.199. The average molecular weight is 418 g/mol. The zero-order chi connectivity index (χ0) is 22.0. The molecule has 6 nitrogen and oxygen atoms in total. The van der Waals surface area contributed by atoms with Crippen molar-refractivity contribution < 1.29 is 14.8 Å². The molecule has 31 heavy (non-hydrogen) atoms. The summed E-state index contributed by atoms with van der Waals surface area (Å²) in [5.41, 5.74) is 7.78. The first kappa shape index (κ1) is 21.0. The van der Waals surface area contributed by atoms with E-state index in [1.807, 2.05) is 31.2 Å².